The van der Waals surface area contributed by atoms with Gasteiger partial charge in [0, 0.05) is 22.4 Å². The molecule has 3 atom stereocenters. The summed E-state index contributed by atoms with van der Waals surface area (Å²) < 4.78 is 28.5. The fourth-order valence-corrected chi connectivity index (χ4v) is 1.06. The van der Waals surface area contributed by atoms with Gasteiger partial charge in [0.1, 0.15) is 12.2 Å². The van der Waals surface area contributed by atoms with Gasteiger partial charge in [-0.3, -0.25) is 9.35 Å². The van der Waals surface area contributed by atoms with Crippen LogP contribution in [-0.4, -0.2) is 63.4 Å². The van der Waals surface area contributed by atoms with Crippen molar-refractivity contribution in [1.29, 1.82) is 0 Å². The van der Waals surface area contributed by atoms with Crippen LogP contribution in [0.4, 0.5) is 0 Å². The van der Waals surface area contributed by atoms with Crippen LogP contribution in [0.15, 0.2) is 0 Å². The van der Waals surface area contributed by atoms with Crippen molar-refractivity contribution in [3.8, 4) is 0 Å². The Morgan fingerprint density at radius 1 is 1.20 bits per heavy atom. The van der Waals surface area contributed by atoms with Gasteiger partial charge in [0.25, 0.3) is 0 Å². The van der Waals surface area contributed by atoms with Crippen molar-refractivity contribution >= 4 is 15.2 Å². The van der Waals surface area contributed by atoms with E-state index in [0.29, 0.717) is 0 Å². The zero-order chi connectivity index (χ0) is 11.5. The van der Waals surface area contributed by atoms with Gasteiger partial charge in [-0.25, -0.2) is 0 Å². The van der Waals surface area contributed by atoms with Gasteiger partial charge in [-0.05, 0) is 0 Å². The van der Waals surface area contributed by atoms with Crippen LogP contribution in [0.5, 0.6) is 0 Å². The predicted octanol–water partition coefficient (Wildman–Crippen LogP) is -3.53. The maximum Gasteiger partial charge on any atom is 0.331 e. The molecule has 0 aliphatic carbocycles. The van der Waals surface area contributed by atoms with Gasteiger partial charge in [0.05, 0.1) is 6.61 Å². The molecule has 3 unspecified atom stereocenters. The number of hydrogen-bond donors (Lipinski definition) is 5. The van der Waals surface area contributed by atoms with E-state index in [2.05, 4.69) is 0 Å². The van der Waals surface area contributed by atoms with Crippen molar-refractivity contribution in [2.45, 2.75) is 18.3 Å². The maximum atomic E-state index is 10.6. The zero-order valence-electron chi connectivity index (χ0n) is 7.11. The standard InChI is InChI=1S/C5H10O8S.Au/c6-1-2(7)3(8)4(9)5(10)14(11,12)13;/h2-4,6-9H,1H2,(H,11,12,13);. The monoisotopic (exact) mass is 427 g/mol. The second-order valence-corrected chi connectivity index (χ2v) is 3.83. The number of carbonyl (C=O) groups is 1. The molecule has 0 fully saturated rings. The van der Waals surface area contributed by atoms with Crippen molar-refractivity contribution in [3.05, 3.63) is 0 Å². The van der Waals surface area contributed by atoms with E-state index < -0.39 is 40.2 Å². The Morgan fingerprint density at radius 3 is 1.87 bits per heavy atom. The van der Waals surface area contributed by atoms with Crippen LogP contribution in [0.2, 0.25) is 0 Å². The van der Waals surface area contributed by atoms with Crippen molar-refractivity contribution in [2.75, 3.05) is 6.61 Å². The first-order valence-electron chi connectivity index (χ1n) is 3.38. The molecule has 0 aromatic rings. The van der Waals surface area contributed by atoms with Gasteiger partial charge in [-0.15, -0.1) is 0 Å². The van der Waals surface area contributed by atoms with Gasteiger partial charge < -0.3 is 20.4 Å². The van der Waals surface area contributed by atoms with E-state index in [0.717, 1.165) is 0 Å². The summed E-state index contributed by atoms with van der Waals surface area (Å²) in [6.07, 6.45) is -6.57. The van der Waals surface area contributed by atoms with E-state index in [1.54, 1.807) is 0 Å². The van der Waals surface area contributed by atoms with Crippen LogP contribution in [0.1, 0.15) is 0 Å². The van der Waals surface area contributed by atoms with Crippen molar-refractivity contribution < 1.29 is 60.6 Å². The Morgan fingerprint density at radius 2 is 1.60 bits per heavy atom. The molecule has 0 aromatic heterocycles. The minimum atomic E-state index is -5.13. The molecule has 0 aromatic carbocycles. The van der Waals surface area contributed by atoms with Crippen LogP contribution >= 0.6 is 0 Å². The first-order valence-corrected chi connectivity index (χ1v) is 4.82. The van der Waals surface area contributed by atoms with Gasteiger partial charge in [0.2, 0.25) is 0 Å². The molecule has 15 heavy (non-hydrogen) atoms. The molecule has 1 radical (unpaired) electrons. The summed E-state index contributed by atoms with van der Waals surface area (Å²) >= 11 is 0. The fraction of sp³-hybridized carbons (Fsp3) is 0.800. The third-order valence-corrected chi connectivity index (χ3v) is 2.15. The SMILES string of the molecule is O=C(C(O)C(O)C(O)CO)S(=O)(=O)O.[Au]. The summed E-state index contributed by atoms with van der Waals surface area (Å²) in [7, 11) is -5.13. The second-order valence-electron chi connectivity index (χ2n) is 2.48. The van der Waals surface area contributed by atoms with Crippen LogP contribution < -0.4 is 0 Å². The normalized spacial score (nSPS) is 17.4. The van der Waals surface area contributed by atoms with E-state index in [4.69, 9.17) is 25.0 Å². The van der Waals surface area contributed by atoms with E-state index in [9.17, 15) is 13.2 Å². The molecule has 0 heterocycles. The van der Waals surface area contributed by atoms with E-state index >= 15 is 0 Å². The number of hydrogen-bond acceptors (Lipinski definition) is 7. The van der Waals surface area contributed by atoms with Crippen LogP contribution in [-0.2, 0) is 37.3 Å². The molecule has 95 valence electrons. The summed E-state index contributed by atoms with van der Waals surface area (Å²) in [6, 6.07) is 0. The Hall–Kier alpha value is 0.160. The summed E-state index contributed by atoms with van der Waals surface area (Å²) in [5.41, 5.74) is 0. The molecular formula is C5H10AuO8S. The summed E-state index contributed by atoms with van der Waals surface area (Å²) in [4.78, 5) is 10.6. The molecule has 0 spiro atoms. The van der Waals surface area contributed by atoms with Gasteiger partial charge in [-0.2, -0.15) is 8.42 Å². The smallest absolute Gasteiger partial charge is 0.331 e. The summed E-state index contributed by atoms with van der Waals surface area (Å²) in [5, 5.41) is 32.7. The average molecular weight is 427 g/mol. The Bertz CT molecular complexity index is 300. The van der Waals surface area contributed by atoms with E-state index in [1.807, 2.05) is 0 Å². The molecule has 10 heteroatoms. The molecule has 0 amide bonds. The molecule has 0 rings (SSSR count). The molecule has 5 N–H and O–H groups in total. The van der Waals surface area contributed by atoms with Crippen LogP contribution in [0.3, 0.4) is 0 Å². The minimum absolute atomic E-state index is 0. The van der Waals surface area contributed by atoms with Gasteiger partial charge in [0.15, 0.2) is 6.10 Å². The predicted molar refractivity (Wildman–Crippen MR) is 41.7 cm³/mol. The molecule has 0 bridgehead atoms. The van der Waals surface area contributed by atoms with Gasteiger partial charge >= 0.3 is 15.2 Å². The molecule has 0 saturated carbocycles. The van der Waals surface area contributed by atoms with Crippen LogP contribution in [0.25, 0.3) is 0 Å². The zero-order valence-corrected chi connectivity index (χ0v) is 10.1. The molecular weight excluding hydrogens is 417 g/mol. The number of carbonyl (C=O) groups excluding carboxylic acids is 1. The minimum Gasteiger partial charge on any atom is -0.394 e. The Kier molecular flexibility index (Phi) is 7.82. The average Bonchev–Trinajstić information content (AvgIpc) is 2.11. The van der Waals surface area contributed by atoms with E-state index in [-0.39, 0.29) is 22.4 Å². The fourth-order valence-electron chi connectivity index (χ4n) is 0.610. The number of aliphatic hydroxyl groups excluding tert-OH is 4. The second kappa shape index (κ2) is 6.68. The number of rotatable bonds is 4. The molecule has 0 saturated heterocycles. The van der Waals surface area contributed by atoms with Gasteiger partial charge in [-0.1, -0.05) is 0 Å². The summed E-state index contributed by atoms with van der Waals surface area (Å²) in [5.74, 6) is 0. The third kappa shape index (κ3) is 5.15. The molecule has 0 aliphatic heterocycles. The number of aliphatic hydroxyl groups is 4. The maximum absolute atomic E-state index is 10.6. The Labute approximate surface area is 101 Å². The largest absolute Gasteiger partial charge is 0.394 e. The quantitative estimate of drug-likeness (QED) is 0.229. The Balaban J connectivity index is 0. The molecule has 8 nitrogen and oxygen atoms in total. The first-order chi connectivity index (χ1) is 6.21. The molecule has 0 aliphatic rings. The first kappa shape index (κ1) is 17.6. The third-order valence-electron chi connectivity index (χ3n) is 1.40. The van der Waals surface area contributed by atoms with Crippen LogP contribution in [0, 0.1) is 0 Å². The van der Waals surface area contributed by atoms with E-state index in [1.165, 1.54) is 0 Å². The topological polar surface area (TPSA) is 152 Å². The van der Waals surface area contributed by atoms with Crippen molar-refractivity contribution in [1.82, 2.24) is 0 Å². The summed E-state index contributed by atoms with van der Waals surface area (Å²) in [6.45, 7) is -0.975. The van der Waals surface area contributed by atoms with Crippen molar-refractivity contribution in [3.63, 3.8) is 0 Å². The van der Waals surface area contributed by atoms with Crippen molar-refractivity contribution in [2.24, 2.45) is 0 Å².